The highest BCUT2D eigenvalue weighted by Crippen LogP contribution is 2.23. The molecule has 0 atom stereocenters. The lowest BCUT2D eigenvalue weighted by Gasteiger charge is -2.09. The second kappa shape index (κ2) is 8.04. The highest BCUT2D eigenvalue weighted by molar-refractivity contribution is 6.00. The van der Waals surface area contributed by atoms with E-state index in [-0.39, 0.29) is 24.6 Å². The van der Waals surface area contributed by atoms with Gasteiger partial charge in [-0.1, -0.05) is 0 Å². The Morgan fingerprint density at radius 2 is 1.71 bits per heavy atom. The maximum Gasteiger partial charge on any atom is 0.337 e. The maximum atomic E-state index is 12.1. The molecule has 0 aromatic heterocycles. The molecule has 21 heavy (non-hydrogen) atoms. The molecule has 0 N–H and O–H groups in total. The van der Waals surface area contributed by atoms with Crippen molar-refractivity contribution in [2.24, 2.45) is 0 Å². The van der Waals surface area contributed by atoms with E-state index in [1.165, 1.54) is 39.5 Å². The van der Waals surface area contributed by atoms with Gasteiger partial charge in [0.2, 0.25) is 0 Å². The molecular weight excluding hydrogens is 276 g/mol. The van der Waals surface area contributed by atoms with Crippen molar-refractivity contribution in [1.29, 1.82) is 0 Å². The molecule has 0 fully saturated rings. The van der Waals surface area contributed by atoms with Gasteiger partial charge in [0.1, 0.15) is 5.75 Å². The number of carbonyl (C=O) groups excluding carboxylic acids is 3. The van der Waals surface area contributed by atoms with Gasteiger partial charge >= 0.3 is 11.9 Å². The first-order valence-electron chi connectivity index (χ1n) is 6.39. The molecule has 114 valence electrons. The van der Waals surface area contributed by atoms with Crippen LogP contribution in [0.2, 0.25) is 0 Å². The fourth-order valence-electron chi connectivity index (χ4n) is 1.80. The van der Waals surface area contributed by atoms with Crippen LogP contribution in [0.5, 0.6) is 5.75 Å². The van der Waals surface area contributed by atoms with Gasteiger partial charge in [-0.25, -0.2) is 4.79 Å². The van der Waals surface area contributed by atoms with Gasteiger partial charge in [0.15, 0.2) is 5.78 Å². The van der Waals surface area contributed by atoms with Crippen molar-refractivity contribution in [2.75, 3.05) is 21.3 Å². The Bertz CT molecular complexity index is 535. The highest BCUT2D eigenvalue weighted by atomic mass is 16.5. The maximum absolute atomic E-state index is 12.1. The largest absolute Gasteiger partial charge is 0.496 e. The molecule has 0 aliphatic carbocycles. The lowest BCUT2D eigenvalue weighted by Crippen LogP contribution is -2.07. The van der Waals surface area contributed by atoms with Crippen molar-refractivity contribution >= 4 is 17.7 Å². The Hall–Kier alpha value is -2.37. The fraction of sp³-hybridized carbons (Fsp3) is 0.400. The van der Waals surface area contributed by atoms with Crippen molar-refractivity contribution in [3.63, 3.8) is 0 Å². The predicted molar refractivity (Wildman–Crippen MR) is 74.5 cm³/mol. The molecule has 6 heteroatoms. The van der Waals surface area contributed by atoms with Crippen LogP contribution in [-0.2, 0) is 14.3 Å². The summed E-state index contributed by atoms with van der Waals surface area (Å²) in [5.41, 5.74) is 0.676. The molecule has 0 bridgehead atoms. The van der Waals surface area contributed by atoms with E-state index in [2.05, 4.69) is 9.47 Å². The third-order valence-corrected chi connectivity index (χ3v) is 2.94. The molecule has 1 aromatic rings. The Labute approximate surface area is 123 Å². The van der Waals surface area contributed by atoms with E-state index in [0.717, 1.165) is 0 Å². The minimum atomic E-state index is -0.502. The molecule has 0 spiro atoms. The zero-order chi connectivity index (χ0) is 15.8. The predicted octanol–water partition coefficient (Wildman–Crippen LogP) is 2.01. The summed E-state index contributed by atoms with van der Waals surface area (Å²) in [6.45, 7) is 0. The van der Waals surface area contributed by atoms with Gasteiger partial charge < -0.3 is 14.2 Å². The van der Waals surface area contributed by atoms with Crippen LogP contribution < -0.4 is 4.74 Å². The molecule has 0 aliphatic heterocycles. The van der Waals surface area contributed by atoms with E-state index in [9.17, 15) is 14.4 Å². The van der Waals surface area contributed by atoms with E-state index >= 15 is 0 Å². The van der Waals surface area contributed by atoms with Gasteiger partial charge in [0.05, 0.1) is 32.5 Å². The summed E-state index contributed by atoms with van der Waals surface area (Å²) >= 11 is 0. The Morgan fingerprint density at radius 1 is 1.00 bits per heavy atom. The number of hydrogen-bond acceptors (Lipinski definition) is 6. The summed E-state index contributed by atoms with van der Waals surface area (Å²) in [4.78, 5) is 34.5. The van der Waals surface area contributed by atoms with E-state index in [4.69, 9.17) is 4.74 Å². The minimum Gasteiger partial charge on any atom is -0.496 e. The van der Waals surface area contributed by atoms with Crippen LogP contribution in [0.15, 0.2) is 18.2 Å². The summed E-state index contributed by atoms with van der Waals surface area (Å²) in [7, 11) is 4.00. The molecule has 0 saturated heterocycles. The summed E-state index contributed by atoms with van der Waals surface area (Å²) in [5, 5.41) is 0. The first-order valence-corrected chi connectivity index (χ1v) is 6.39. The van der Waals surface area contributed by atoms with E-state index < -0.39 is 5.97 Å². The van der Waals surface area contributed by atoms with E-state index in [1.807, 2.05) is 0 Å². The van der Waals surface area contributed by atoms with Crippen molar-refractivity contribution < 1.29 is 28.6 Å². The number of ether oxygens (including phenoxy) is 3. The lowest BCUT2D eigenvalue weighted by molar-refractivity contribution is -0.140. The van der Waals surface area contributed by atoms with Crippen molar-refractivity contribution in [2.45, 2.75) is 19.3 Å². The molecule has 0 aliphatic rings. The Balaban J connectivity index is 2.80. The Kier molecular flexibility index (Phi) is 6.39. The van der Waals surface area contributed by atoms with Crippen LogP contribution in [0.3, 0.4) is 0 Å². The molecule has 1 aromatic carbocycles. The molecule has 1 rings (SSSR count). The van der Waals surface area contributed by atoms with Crippen LogP contribution in [-0.4, -0.2) is 39.1 Å². The normalized spacial score (nSPS) is 9.86. The minimum absolute atomic E-state index is 0.160. The highest BCUT2D eigenvalue weighted by Gasteiger charge is 2.16. The van der Waals surface area contributed by atoms with Gasteiger partial charge in [-0.05, 0) is 24.6 Å². The number of benzene rings is 1. The number of Topliss-reactive ketones (excluding diaryl/α,β-unsaturated/α-hetero) is 1. The molecule has 0 radical (unpaired) electrons. The van der Waals surface area contributed by atoms with Gasteiger partial charge in [-0.2, -0.15) is 0 Å². The van der Waals surface area contributed by atoms with Crippen LogP contribution in [0, 0.1) is 0 Å². The van der Waals surface area contributed by atoms with Gasteiger partial charge in [0, 0.05) is 12.8 Å². The van der Waals surface area contributed by atoms with E-state index in [1.54, 1.807) is 0 Å². The summed E-state index contributed by atoms with van der Waals surface area (Å²) in [5.74, 6) is -0.707. The standard InChI is InChI=1S/C15H18O6/c1-19-13-9-10(15(18)21-3)7-8-11(13)12(16)5-4-6-14(17)20-2/h7-9H,4-6H2,1-3H3. The lowest BCUT2D eigenvalue weighted by atomic mass is 10.0. The average Bonchev–Trinajstić information content (AvgIpc) is 2.52. The molecular formula is C15H18O6. The zero-order valence-electron chi connectivity index (χ0n) is 12.3. The molecule has 0 amide bonds. The van der Waals surface area contributed by atoms with Crippen molar-refractivity contribution in [3.05, 3.63) is 29.3 Å². The molecule has 0 unspecified atom stereocenters. The van der Waals surface area contributed by atoms with Crippen LogP contribution in [0.4, 0.5) is 0 Å². The fourth-order valence-corrected chi connectivity index (χ4v) is 1.80. The second-order valence-corrected chi connectivity index (χ2v) is 4.26. The number of esters is 2. The van der Waals surface area contributed by atoms with Crippen LogP contribution >= 0.6 is 0 Å². The van der Waals surface area contributed by atoms with Crippen molar-refractivity contribution in [1.82, 2.24) is 0 Å². The van der Waals surface area contributed by atoms with Crippen LogP contribution in [0.25, 0.3) is 0 Å². The quantitative estimate of drug-likeness (QED) is 0.565. The Morgan fingerprint density at radius 3 is 2.29 bits per heavy atom. The number of carbonyl (C=O) groups is 3. The average molecular weight is 294 g/mol. The number of rotatable bonds is 7. The number of ketones is 1. The summed E-state index contributed by atoms with van der Waals surface area (Å²) in [6.07, 6.45) is 0.779. The van der Waals surface area contributed by atoms with Gasteiger partial charge in [-0.15, -0.1) is 0 Å². The van der Waals surface area contributed by atoms with E-state index in [0.29, 0.717) is 23.3 Å². The molecule has 6 nitrogen and oxygen atoms in total. The third-order valence-electron chi connectivity index (χ3n) is 2.94. The number of methoxy groups -OCH3 is 3. The van der Waals surface area contributed by atoms with Crippen LogP contribution in [0.1, 0.15) is 40.0 Å². The zero-order valence-corrected chi connectivity index (χ0v) is 12.3. The second-order valence-electron chi connectivity index (χ2n) is 4.26. The third kappa shape index (κ3) is 4.59. The molecule has 0 heterocycles. The molecule has 0 saturated carbocycles. The monoisotopic (exact) mass is 294 g/mol. The SMILES string of the molecule is COC(=O)CCCC(=O)c1ccc(C(=O)OC)cc1OC. The van der Waals surface area contributed by atoms with Crippen molar-refractivity contribution in [3.8, 4) is 5.75 Å². The van der Waals surface area contributed by atoms with Gasteiger partial charge in [0.25, 0.3) is 0 Å². The smallest absolute Gasteiger partial charge is 0.337 e. The number of hydrogen-bond donors (Lipinski definition) is 0. The topological polar surface area (TPSA) is 78.9 Å². The first kappa shape index (κ1) is 16.7. The van der Waals surface area contributed by atoms with Gasteiger partial charge in [-0.3, -0.25) is 9.59 Å². The first-order chi connectivity index (χ1) is 10.0. The summed E-state index contributed by atoms with van der Waals surface area (Å²) < 4.78 is 14.2. The summed E-state index contributed by atoms with van der Waals surface area (Å²) in [6, 6.07) is 4.48.